The summed E-state index contributed by atoms with van der Waals surface area (Å²) in [6.07, 6.45) is 3.57. The Hall–Kier alpha value is -7.34. The van der Waals surface area contributed by atoms with E-state index in [0.29, 0.717) is 105 Å². The van der Waals surface area contributed by atoms with Gasteiger partial charge in [0.2, 0.25) is 11.8 Å². The standard InChI is InChI=1S/C59H62ClFN12O8S/c1-28(2)52(58(77)71-23-37(75)19-44(71)57(76)65-50(31(5)74)34-10-12-35(13-11-34)55-30(4)63-27-82-55)72-24-43(69-70-72)33-8-6-32(7-9-33)25-79-54-47(46-29(3)40(61)20-41-39(46)22-64-68-41)49(60)53-48-51(54)66-59(81-38-14-16-78-17-15-38)67-56(48)73-36-18-42(62-21-36)45(73)26-80-53/h6-13,20,22,24,27-28,31,36-38,42,44-45,50,52,62,74-75H,14-19,21,23,25-26H2,1-5H3,(H,64,68)(H,65,76)/t31-,36-,37+,42-,44-,45+,50-,52-/m0/s1. The van der Waals surface area contributed by atoms with Gasteiger partial charge in [-0.1, -0.05) is 79.2 Å². The highest BCUT2D eigenvalue weighted by Gasteiger charge is 2.50. The van der Waals surface area contributed by atoms with E-state index in [1.807, 2.05) is 69.3 Å². The van der Waals surface area contributed by atoms with E-state index in [4.69, 9.17) is 40.5 Å². The van der Waals surface area contributed by atoms with Gasteiger partial charge in [0, 0.05) is 66.5 Å². The number of halogens is 2. The molecule has 0 saturated carbocycles. The number of likely N-dealkylation sites (tertiary alicyclic amines) is 1. The molecule has 9 heterocycles. The van der Waals surface area contributed by atoms with Crippen LogP contribution in [-0.4, -0.2) is 142 Å². The number of piperazine rings is 1. The van der Waals surface area contributed by atoms with Crippen LogP contribution in [0, 0.1) is 25.6 Å². The topological polar surface area (TPSA) is 240 Å². The molecule has 13 rings (SSSR count). The molecule has 23 heteroatoms. The molecule has 82 heavy (non-hydrogen) atoms. The summed E-state index contributed by atoms with van der Waals surface area (Å²) in [5.41, 5.74) is 8.44. The molecule has 2 bridgehead atoms. The van der Waals surface area contributed by atoms with E-state index < -0.39 is 48.0 Å². The maximum Gasteiger partial charge on any atom is 0.319 e. The molecule has 20 nitrogen and oxygen atoms in total. The van der Waals surface area contributed by atoms with E-state index >= 15 is 4.39 Å². The van der Waals surface area contributed by atoms with Gasteiger partial charge >= 0.3 is 6.01 Å². The summed E-state index contributed by atoms with van der Waals surface area (Å²) >= 11 is 9.17. The molecule has 5 aliphatic rings. The number of carbonyl (C=O) groups is 2. The summed E-state index contributed by atoms with van der Waals surface area (Å²) in [5.74, 6) is -0.320. The summed E-state index contributed by atoms with van der Waals surface area (Å²) in [6.45, 7) is 11.2. The number of carbonyl (C=O) groups excluding carboxylic acids is 2. The molecule has 4 aromatic carbocycles. The van der Waals surface area contributed by atoms with Gasteiger partial charge in [0.05, 0.1) is 81.9 Å². The zero-order valence-electron chi connectivity index (χ0n) is 45.8. The van der Waals surface area contributed by atoms with Crippen LogP contribution >= 0.6 is 22.9 Å². The monoisotopic (exact) mass is 1150 g/mol. The van der Waals surface area contributed by atoms with Crippen molar-refractivity contribution < 1.29 is 43.1 Å². The molecule has 0 aliphatic carbocycles. The number of thiazole rings is 1. The molecule has 0 unspecified atom stereocenters. The number of aromatic amines is 1. The highest BCUT2D eigenvalue weighted by Crippen LogP contribution is 2.55. The fourth-order valence-corrected chi connectivity index (χ4v) is 13.8. The molecule has 5 N–H and O–H groups in total. The van der Waals surface area contributed by atoms with Crippen LogP contribution in [0.2, 0.25) is 5.02 Å². The molecule has 0 spiro atoms. The average Bonchev–Trinajstić information content (AvgIpc) is 3.57. The number of anilines is 1. The number of H-pyrrole nitrogens is 1. The lowest BCUT2D eigenvalue weighted by molar-refractivity contribution is -0.143. The molecule has 8 atom stereocenters. The molecule has 4 aromatic heterocycles. The van der Waals surface area contributed by atoms with Crippen molar-refractivity contribution in [3.63, 3.8) is 0 Å². The first-order valence-corrected chi connectivity index (χ1v) is 29.1. The number of nitrogens with one attached hydrogen (secondary N) is 3. The number of aromatic nitrogens is 8. The molecule has 5 aliphatic heterocycles. The second-order valence-electron chi connectivity index (χ2n) is 22.5. The van der Waals surface area contributed by atoms with E-state index in [2.05, 4.69) is 41.0 Å². The number of ether oxygens (including phenoxy) is 4. The number of aliphatic hydroxyl groups excluding tert-OH is 2. The van der Waals surface area contributed by atoms with Crippen molar-refractivity contribution in [1.82, 2.24) is 55.7 Å². The van der Waals surface area contributed by atoms with Gasteiger partial charge in [-0.3, -0.25) is 14.7 Å². The number of nitrogens with zero attached hydrogens (tertiary/aromatic N) is 9. The van der Waals surface area contributed by atoms with Crippen LogP contribution in [0.3, 0.4) is 0 Å². The predicted molar refractivity (Wildman–Crippen MR) is 305 cm³/mol. The van der Waals surface area contributed by atoms with Crippen LogP contribution < -0.4 is 29.7 Å². The SMILES string of the molecule is Cc1ncsc1-c1ccc([C@@H](NC(=O)[C@@H]2C[C@@H](O)CN2C(=O)[C@H](C(C)C)n2cc(-c3ccc(COc4c(-c5c(C)c(F)cc6[nH]ncc56)c(Cl)c5c6c(nc(OC7CCOCC7)nc46)N4[C@@H]6CN[C@@H](C6)[C@H]4CO5)cc3)nn2)[C@H](C)O)cc1. The Morgan fingerprint density at radius 3 is 2.55 bits per heavy atom. The molecule has 4 fully saturated rings. The summed E-state index contributed by atoms with van der Waals surface area (Å²) < 4.78 is 43.6. The van der Waals surface area contributed by atoms with Gasteiger partial charge in [0.1, 0.15) is 54.2 Å². The summed E-state index contributed by atoms with van der Waals surface area (Å²) in [5, 5.41) is 46.1. The van der Waals surface area contributed by atoms with Gasteiger partial charge in [-0.25, -0.2) is 14.1 Å². The lowest BCUT2D eigenvalue weighted by Gasteiger charge is -2.35. The summed E-state index contributed by atoms with van der Waals surface area (Å²) in [4.78, 5) is 48.2. The number of β-amino-alcohol motifs (C(OH)–C–C–N with tert-alkyl or cyclic N) is 1. The average molecular weight is 1150 g/mol. The van der Waals surface area contributed by atoms with Gasteiger partial charge in [-0.2, -0.15) is 15.1 Å². The zero-order valence-corrected chi connectivity index (χ0v) is 47.4. The number of aliphatic hydroxyl groups is 2. The molecule has 2 amide bonds. The number of rotatable bonds is 15. The second kappa shape index (κ2) is 21.8. The number of aryl methyl sites for hydroxylation is 1. The van der Waals surface area contributed by atoms with Gasteiger partial charge in [-0.15, -0.1) is 16.4 Å². The Kier molecular flexibility index (Phi) is 14.3. The van der Waals surface area contributed by atoms with E-state index in [0.717, 1.165) is 34.7 Å². The Bertz CT molecular complexity index is 3740. The minimum Gasteiger partial charge on any atom is -0.489 e. The quantitative estimate of drug-likeness (QED) is 0.0658. The van der Waals surface area contributed by atoms with Crippen molar-refractivity contribution in [3.8, 4) is 50.3 Å². The lowest BCUT2D eigenvalue weighted by atomic mass is 9.93. The number of hydrogen-bond donors (Lipinski definition) is 5. The normalized spacial score (nSPS) is 21.7. The molecule has 0 radical (unpaired) electrons. The Morgan fingerprint density at radius 2 is 1.80 bits per heavy atom. The van der Waals surface area contributed by atoms with Crippen LogP contribution in [0.5, 0.6) is 17.5 Å². The smallest absolute Gasteiger partial charge is 0.319 e. The highest BCUT2D eigenvalue weighted by molar-refractivity contribution is 7.13. The number of amides is 2. The van der Waals surface area contributed by atoms with E-state index in [1.165, 1.54) is 27.0 Å². The third-order valence-corrected chi connectivity index (χ3v) is 18.2. The fraction of sp³-hybridized carbons (Fsp3) is 0.424. The lowest BCUT2D eigenvalue weighted by Crippen LogP contribution is -2.53. The van der Waals surface area contributed by atoms with E-state index in [1.54, 1.807) is 31.8 Å². The first kappa shape index (κ1) is 53.9. The van der Waals surface area contributed by atoms with Crippen LogP contribution in [0.1, 0.15) is 80.9 Å². The number of fused-ring (bicyclic) bond motifs is 7. The Morgan fingerprint density at radius 1 is 1.02 bits per heavy atom. The van der Waals surface area contributed by atoms with E-state index in [9.17, 15) is 19.8 Å². The first-order valence-electron chi connectivity index (χ1n) is 27.9. The number of benzene rings is 4. The van der Waals surface area contributed by atoms with Crippen molar-refractivity contribution in [3.05, 3.63) is 106 Å². The summed E-state index contributed by atoms with van der Waals surface area (Å²) in [7, 11) is 0. The highest BCUT2D eigenvalue weighted by atomic mass is 35.5. The minimum atomic E-state index is -1.00. The largest absolute Gasteiger partial charge is 0.489 e. The van der Waals surface area contributed by atoms with Gasteiger partial charge in [0.25, 0.3) is 0 Å². The summed E-state index contributed by atoms with van der Waals surface area (Å²) in [6, 6.07) is 14.4. The minimum absolute atomic E-state index is 0.0265. The van der Waals surface area contributed by atoms with Crippen molar-refractivity contribution in [2.75, 3.05) is 37.8 Å². The zero-order chi connectivity index (χ0) is 56.7. The van der Waals surface area contributed by atoms with Crippen molar-refractivity contribution >= 4 is 62.4 Å². The maximum absolute atomic E-state index is 16.1. The Labute approximate surface area is 480 Å². The second-order valence-corrected chi connectivity index (χ2v) is 23.7. The van der Waals surface area contributed by atoms with Crippen LogP contribution in [0.15, 0.2) is 72.5 Å². The maximum atomic E-state index is 16.1. The molecule has 4 saturated heterocycles. The van der Waals surface area contributed by atoms with Crippen LogP contribution in [0.25, 0.3) is 54.6 Å². The third kappa shape index (κ3) is 9.65. The van der Waals surface area contributed by atoms with Gasteiger partial charge in [-0.05, 0) is 61.4 Å². The fourth-order valence-electron chi connectivity index (χ4n) is 12.6. The molecular weight excluding hydrogens is 1090 g/mol. The van der Waals surface area contributed by atoms with Crippen molar-refractivity contribution in [2.45, 2.75) is 121 Å². The van der Waals surface area contributed by atoms with Crippen LogP contribution in [-0.2, 0) is 20.9 Å². The van der Waals surface area contributed by atoms with Crippen molar-refractivity contribution in [2.24, 2.45) is 5.92 Å². The predicted octanol–water partition coefficient (Wildman–Crippen LogP) is 7.81. The van der Waals surface area contributed by atoms with Gasteiger partial charge in [0.15, 0.2) is 11.5 Å². The van der Waals surface area contributed by atoms with E-state index in [-0.39, 0.29) is 60.8 Å². The molecule has 426 valence electrons. The first-order chi connectivity index (χ1) is 39.7. The van der Waals surface area contributed by atoms with Crippen molar-refractivity contribution in [1.29, 1.82) is 0 Å². The van der Waals surface area contributed by atoms with Crippen LogP contribution in [0.4, 0.5) is 10.2 Å². The molecular formula is C59H62ClFN12O8S. The van der Waals surface area contributed by atoms with Gasteiger partial charge < -0.3 is 49.6 Å². The number of hydrogen-bond acceptors (Lipinski definition) is 17. The molecule has 8 aromatic rings. The Balaban J connectivity index is 0.788. The third-order valence-electron chi connectivity index (χ3n) is 16.8.